The maximum atomic E-state index is 12.0. The third-order valence-corrected chi connectivity index (χ3v) is 4.55. The van der Waals surface area contributed by atoms with Crippen LogP contribution in [-0.2, 0) is 24.3 Å². The van der Waals surface area contributed by atoms with E-state index >= 15 is 0 Å². The standard InChI is InChI=1S/C13H16ClN5O2S/c1-21-7-10-17-11-3-2-8(6-19(11)18-10)15-13(20)16-9-4-5-22-12(9)14/h4-5,8H,2-3,6-7H2,1H3,(H2,15,16,20)/t8-/m0/s1. The Hall–Kier alpha value is -1.64. The van der Waals surface area contributed by atoms with Crippen molar-refractivity contribution in [2.75, 3.05) is 12.4 Å². The summed E-state index contributed by atoms with van der Waals surface area (Å²) in [6.45, 7) is 1.01. The number of amides is 2. The van der Waals surface area contributed by atoms with Gasteiger partial charge in [-0.1, -0.05) is 11.6 Å². The first kappa shape index (κ1) is 15.3. The minimum absolute atomic E-state index is 0.0157. The van der Waals surface area contributed by atoms with E-state index in [4.69, 9.17) is 16.3 Å². The van der Waals surface area contributed by atoms with Gasteiger partial charge >= 0.3 is 6.03 Å². The maximum absolute atomic E-state index is 12.0. The maximum Gasteiger partial charge on any atom is 0.319 e. The molecular formula is C13H16ClN5O2S. The Kier molecular flexibility index (Phi) is 4.60. The first-order valence-corrected chi connectivity index (χ1v) is 8.13. The van der Waals surface area contributed by atoms with Gasteiger partial charge in [0.1, 0.15) is 16.8 Å². The lowest BCUT2D eigenvalue weighted by Crippen LogP contribution is -2.43. The molecule has 0 radical (unpaired) electrons. The van der Waals surface area contributed by atoms with E-state index in [2.05, 4.69) is 20.7 Å². The zero-order chi connectivity index (χ0) is 15.5. The van der Waals surface area contributed by atoms with Crippen LogP contribution in [0.1, 0.15) is 18.1 Å². The molecule has 1 aliphatic rings. The Morgan fingerprint density at radius 3 is 3.23 bits per heavy atom. The molecule has 2 aromatic rings. The smallest absolute Gasteiger partial charge is 0.319 e. The van der Waals surface area contributed by atoms with Gasteiger partial charge in [0, 0.05) is 13.5 Å². The highest BCUT2D eigenvalue weighted by molar-refractivity contribution is 7.15. The van der Waals surface area contributed by atoms with Gasteiger partial charge in [-0.05, 0) is 17.9 Å². The SMILES string of the molecule is COCc1nc2n(n1)C[C@@H](NC(=O)Nc1ccsc1Cl)CC2. The van der Waals surface area contributed by atoms with E-state index in [0.717, 1.165) is 18.7 Å². The fraction of sp³-hybridized carbons (Fsp3) is 0.462. The van der Waals surface area contributed by atoms with Crippen LogP contribution in [0, 0.1) is 0 Å². The van der Waals surface area contributed by atoms with E-state index in [1.165, 1.54) is 11.3 Å². The third-order valence-electron chi connectivity index (χ3n) is 3.38. The summed E-state index contributed by atoms with van der Waals surface area (Å²) in [4.78, 5) is 16.4. The lowest BCUT2D eigenvalue weighted by atomic mass is 10.1. The molecule has 0 saturated heterocycles. The average molecular weight is 342 g/mol. The lowest BCUT2D eigenvalue weighted by Gasteiger charge is -2.23. The molecule has 2 aromatic heterocycles. The fourth-order valence-corrected chi connectivity index (χ4v) is 3.23. The Labute approximate surface area is 136 Å². The number of hydrogen-bond acceptors (Lipinski definition) is 5. The third kappa shape index (κ3) is 3.40. The molecule has 0 spiro atoms. The molecule has 7 nitrogen and oxygen atoms in total. The number of aromatic nitrogens is 3. The molecule has 0 aromatic carbocycles. The van der Waals surface area contributed by atoms with Gasteiger partial charge in [-0.15, -0.1) is 11.3 Å². The molecule has 3 heterocycles. The second-order valence-corrected chi connectivity index (χ2v) is 6.52. The van der Waals surface area contributed by atoms with Gasteiger partial charge in [0.2, 0.25) is 0 Å². The molecule has 22 heavy (non-hydrogen) atoms. The van der Waals surface area contributed by atoms with Crippen LogP contribution in [0.15, 0.2) is 11.4 Å². The number of methoxy groups -OCH3 is 1. The Bertz CT molecular complexity index is 671. The highest BCUT2D eigenvalue weighted by atomic mass is 35.5. The van der Waals surface area contributed by atoms with Gasteiger partial charge in [0.05, 0.1) is 18.3 Å². The number of fused-ring (bicyclic) bond motifs is 1. The number of carbonyl (C=O) groups is 1. The number of ether oxygens (including phenoxy) is 1. The number of aryl methyl sites for hydroxylation is 1. The van der Waals surface area contributed by atoms with Gasteiger partial charge in [-0.3, -0.25) is 0 Å². The average Bonchev–Trinajstić information content (AvgIpc) is 3.05. The molecular weight excluding hydrogens is 326 g/mol. The minimum atomic E-state index is -0.258. The molecule has 3 rings (SSSR count). The van der Waals surface area contributed by atoms with Crippen LogP contribution in [-0.4, -0.2) is 33.9 Å². The molecule has 2 N–H and O–H groups in total. The molecule has 0 aliphatic carbocycles. The van der Waals surface area contributed by atoms with Gasteiger partial charge in [0.25, 0.3) is 0 Å². The second kappa shape index (κ2) is 6.64. The van der Waals surface area contributed by atoms with Crippen molar-refractivity contribution >= 4 is 34.7 Å². The number of anilines is 1. The summed E-state index contributed by atoms with van der Waals surface area (Å²) < 4.78 is 7.44. The molecule has 9 heteroatoms. The van der Waals surface area contributed by atoms with Gasteiger partial charge in [-0.2, -0.15) is 5.10 Å². The predicted octanol–water partition coefficient (Wildman–Crippen LogP) is 2.28. The normalized spacial score (nSPS) is 17.1. The Morgan fingerprint density at radius 2 is 2.50 bits per heavy atom. The van der Waals surface area contributed by atoms with Crippen LogP contribution in [0.2, 0.25) is 4.34 Å². The Balaban J connectivity index is 1.58. The summed E-state index contributed by atoms with van der Waals surface area (Å²) in [6.07, 6.45) is 1.61. The van der Waals surface area contributed by atoms with Crippen LogP contribution in [0.25, 0.3) is 0 Å². The fourth-order valence-electron chi connectivity index (χ4n) is 2.39. The highest BCUT2D eigenvalue weighted by Crippen LogP contribution is 2.27. The van der Waals surface area contributed by atoms with Gasteiger partial charge in [-0.25, -0.2) is 14.5 Å². The molecule has 0 unspecified atom stereocenters. The topological polar surface area (TPSA) is 81.1 Å². The summed E-state index contributed by atoms with van der Waals surface area (Å²) in [7, 11) is 1.62. The summed E-state index contributed by atoms with van der Waals surface area (Å²) >= 11 is 7.35. The lowest BCUT2D eigenvalue weighted by molar-refractivity contribution is 0.177. The zero-order valence-corrected chi connectivity index (χ0v) is 13.6. The summed E-state index contributed by atoms with van der Waals surface area (Å²) in [5.41, 5.74) is 0.629. The predicted molar refractivity (Wildman–Crippen MR) is 84.3 cm³/mol. The van der Waals surface area contributed by atoms with E-state index in [-0.39, 0.29) is 12.1 Å². The van der Waals surface area contributed by atoms with Crippen LogP contribution in [0.5, 0.6) is 0 Å². The minimum Gasteiger partial charge on any atom is -0.377 e. The van der Waals surface area contributed by atoms with Crippen molar-refractivity contribution in [1.29, 1.82) is 0 Å². The van der Waals surface area contributed by atoms with Crippen LogP contribution in [0.4, 0.5) is 10.5 Å². The van der Waals surface area contributed by atoms with Gasteiger partial charge in [0.15, 0.2) is 5.82 Å². The zero-order valence-electron chi connectivity index (χ0n) is 12.0. The van der Waals surface area contributed by atoms with Crippen molar-refractivity contribution in [3.63, 3.8) is 0 Å². The van der Waals surface area contributed by atoms with Crippen molar-refractivity contribution in [2.24, 2.45) is 0 Å². The Morgan fingerprint density at radius 1 is 1.64 bits per heavy atom. The molecule has 118 valence electrons. The van der Waals surface area contributed by atoms with E-state index in [0.29, 0.717) is 29.0 Å². The molecule has 0 fully saturated rings. The number of nitrogens with zero attached hydrogens (tertiary/aromatic N) is 3. The van der Waals surface area contributed by atoms with E-state index in [9.17, 15) is 4.79 Å². The van der Waals surface area contributed by atoms with Crippen molar-refractivity contribution in [2.45, 2.75) is 32.0 Å². The van der Waals surface area contributed by atoms with Crippen molar-refractivity contribution < 1.29 is 9.53 Å². The molecule has 1 aliphatic heterocycles. The first-order chi connectivity index (χ1) is 10.7. The number of halogens is 1. The number of carbonyl (C=O) groups excluding carboxylic acids is 1. The van der Waals surface area contributed by atoms with Crippen LogP contribution in [0.3, 0.4) is 0 Å². The van der Waals surface area contributed by atoms with Gasteiger partial charge < -0.3 is 15.4 Å². The number of urea groups is 1. The molecule has 2 amide bonds. The van der Waals surface area contributed by atoms with Crippen LogP contribution >= 0.6 is 22.9 Å². The molecule has 0 saturated carbocycles. The van der Waals surface area contributed by atoms with Crippen molar-refractivity contribution in [1.82, 2.24) is 20.1 Å². The van der Waals surface area contributed by atoms with Crippen LogP contribution < -0.4 is 10.6 Å². The second-order valence-electron chi connectivity index (χ2n) is 5.00. The number of rotatable bonds is 4. The largest absolute Gasteiger partial charge is 0.377 e. The monoisotopic (exact) mass is 341 g/mol. The number of nitrogens with one attached hydrogen (secondary N) is 2. The van der Waals surface area contributed by atoms with E-state index < -0.39 is 0 Å². The molecule has 0 bridgehead atoms. The first-order valence-electron chi connectivity index (χ1n) is 6.87. The van der Waals surface area contributed by atoms with E-state index in [1.54, 1.807) is 13.2 Å². The van der Waals surface area contributed by atoms with E-state index in [1.807, 2.05) is 10.1 Å². The number of hydrogen-bond donors (Lipinski definition) is 2. The molecule has 1 atom stereocenters. The van der Waals surface area contributed by atoms with Crippen molar-refractivity contribution in [3.05, 3.63) is 27.4 Å². The summed E-state index contributed by atoms with van der Waals surface area (Å²) in [5, 5.41) is 11.9. The highest BCUT2D eigenvalue weighted by Gasteiger charge is 2.23. The summed E-state index contributed by atoms with van der Waals surface area (Å²) in [5.74, 6) is 1.61. The van der Waals surface area contributed by atoms with Crippen molar-refractivity contribution in [3.8, 4) is 0 Å². The number of thiophene rings is 1. The summed E-state index contributed by atoms with van der Waals surface area (Å²) in [6, 6.07) is 1.54. The quantitative estimate of drug-likeness (QED) is 0.894.